The van der Waals surface area contributed by atoms with Crippen molar-refractivity contribution in [3.05, 3.63) is 59.7 Å². The molecule has 1 heterocycles. The van der Waals surface area contributed by atoms with Gasteiger partial charge < -0.3 is 4.74 Å². The third kappa shape index (κ3) is 2.48. The van der Waals surface area contributed by atoms with Gasteiger partial charge in [-0.2, -0.15) is 0 Å². The Morgan fingerprint density at radius 2 is 2.24 bits per heavy atom. The van der Waals surface area contributed by atoms with Crippen LogP contribution in [0.15, 0.2) is 48.6 Å². The van der Waals surface area contributed by atoms with Crippen molar-refractivity contribution in [3.63, 3.8) is 0 Å². The van der Waals surface area contributed by atoms with Crippen molar-refractivity contribution >= 4 is 0 Å². The Morgan fingerprint density at radius 3 is 2.94 bits per heavy atom. The number of rotatable bonds is 2. The largest absolute Gasteiger partial charge is 0.353 e. The topological polar surface area (TPSA) is 12.5 Å². The van der Waals surface area contributed by atoms with Crippen molar-refractivity contribution in [1.82, 2.24) is 4.90 Å². The van der Waals surface area contributed by atoms with Gasteiger partial charge in [0.25, 0.3) is 0 Å². The quantitative estimate of drug-likeness (QED) is 0.722. The van der Waals surface area contributed by atoms with Crippen LogP contribution < -0.4 is 0 Å². The number of ether oxygens (including phenoxy) is 1. The van der Waals surface area contributed by atoms with E-state index in [0.717, 1.165) is 12.1 Å². The lowest BCUT2D eigenvalue weighted by Crippen LogP contribution is -2.19. The highest BCUT2D eigenvalue weighted by Gasteiger charge is 2.22. The molecule has 90 valence electrons. The predicted molar refractivity (Wildman–Crippen MR) is 70.6 cm³/mol. The minimum atomic E-state index is 0.0126. The molecule has 1 aromatic carbocycles. The van der Waals surface area contributed by atoms with Crippen LogP contribution >= 0.6 is 0 Å². The summed E-state index contributed by atoms with van der Waals surface area (Å²) in [7, 11) is 2.07. The highest BCUT2D eigenvalue weighted by Crippen LogP contribution is 2.32. The second-order valence-electron chi connectivity index (χ2n) is 4.38. The molecule has 2 heteroatoms. The van der Waals surface area contributed by atoms with Crippen LogP contribution in [-0.4, -0.2) is 18.7 Å². The van der Waals surface area contributed by atoms with E-state index in [1.54, 1.807) is 0 Å². The van der Waals surface area contributed by atoms with Crippen molar-refractivity contribution in [2.24, 2.45) is 0 Å². The molecule has 2 rings (SSSR count). The number of allylic oxidation sites excluding steroid dienone is 1. The zero-order chi connectivity index (χ0) is 12.3. The summed E-state index contributed by atoms with van der Waals surface area (Å²) in [4.78, 5) is 2.18. The normalized spacial score (nSPS) is 21.8. The lowest BCUT2D eigenvalue weighted by atomic mass is 9.96. The fourth-order valence-electron chi connectivity index (χ4n) is 2.21. The molecule has 1 aromatic rings. The van der Waals surface area contributed by atoms with Gasteiger partial charge in [0.1, 0.15) is 12.8 Å². The summed E-state index contributed by atoms with van der Waals surface area (Å²) < 4.78 is 5.97. The van der Waals surface area contributed by atoms with E-state index in [0.29, 0.717) is 6.73 Å². The van der Waals surface area contributed by atoms with E-state index in [9.17, 15) is 0 Å². The van der Waals surface area contributed by atoms with E-state index >= 15 is 0 Å². The van der Waals surface area contributed by atoms with Crippen LogP contribution in [0.5, 0.6) is 0 Å². The van der Waals surface area contributed by atoms with Gasteiger partial charge in [0.15, 0.2) is 0 Å². The summed E-state index contributed by atoms with van der Waals surface area (Å²) in [5.41, 5.74) is 3.72. The van der Waals surface area contributed by atoms with E-state index in [2.05, 4.69) is 48.9 Å². The Kier molecular flexibility index (Phi) is 3.77. The van der Waals surface area contributed by atoms with E-state index in [4.69, 9.17) is 4.74 Å². The molecule has 0 aliphatic carbocycles. The maximum Gasteiger partial charge on any atom is 0.109 e. The summed E-state index contributed by atoms with van der Waals surface area (Å²) in [6.07, 6.45) is 3.96. The minimum Gasteiger partial charge on any atom is -0.353 e. The van der Waals surface area contributed by atoms with E-state index in [1.807, 2.05) is 13.0 Å². The van der Waals surface area contributed by atoms with Crippen LogP contribution in [-0.2, 0) is 11.3 Å². The van der Waals surface area contributed by atoms with Crippen molar-refractivity contribution in [2.45, 2.75) is 19.6 Å². The van der Waals surface area contributed by atoms with E-state index in [1.165, 1.54) is 11.1 Å². The molecule has 0 saturated heterocycles. The first-order valence-corrected chi connectivity index (χ1v) is 5.93. The van der Waals surface area contributed by atoms with Crippen LogP contribution in [0.2, 0.25) is 0 Å². The smallest absolute Gasteiger partial charge is 0.109 e. The van der Waals surface area contributed by atoms with Crippen molar-refractivity contribution < 1.29 is 4.74 Å². The zero-order valence-electron chi connectivity index (χ0n) is 10.5. The summed E-state index contributed by atoms with van der Waals surface area (Å²) in [6.45, 7) is 7.47. The van der Waals surface area contributed by atoms with Crippen LogP contribution in [0.4, 0.5) is 0 Å². The van der Waals surface area contributed by atoms with Crippen LogP contribution in [0.3, 0.4) is 0 Å². The molecule has 0 fully saturated rings. The molecule has 2 nitrogen and oxygen atoms in total. The van der Waals surface area contributed by atoms with Crippen LogP contribution in [0, 0.1) is 0 Å². The van der Waals surface area contributed by atoms with Crippen molar-refractivity contribution in [3.8, 4) is 0 Å². The van der Waals surface area contributed by atoms with Gasteiger partial charge in [0.2, 0.25) is 0 Å². The van der Waals surface area contributed by atoms with Crippen LogP contribution in [0.25, 0.3) is 0 Å². The monoisotopic (exact) mass is 229 g/mol. The van der Waals surface area contributed by atoms with Gasteiger partial charge in [-0.25, -0.2) is 0 Å². The molecule has 1 atom stereocenters. The average molecular weight is 229 g/mol. The van der Waals surface area contributed by atoms with Gasteiger partial charge in [0.05, 0.1) is 0 Å². The molecular formula is C15H19NO. The molecule has 0 saturated carbocycles. The van der Waals surface area contributed by atoms with Gasteiger partial charge in [-0.15, -0.1) is 0 Å². The molecule has 0 N–H and O–H groups in total. The Morgan fingerprint density at radius 1 is 1.47 bits per heavy atom. The molecule has 0 amide bonds. The molecule has 0 spiro atoms. The molecule has 0 radical (unpaired) electrons. The summed E-state index contributed by atoms with van der Waals surface area (Å²) in [5.74, 6) is 0. The molecule has 1 unspecified atom stereocenters. The highest BCUT2D eigenvalue weighted by atomic mass is 16.5. The fourth-order valence-corrected chi connectivity index (χ4v) is 2.21. The minimum absolute atomic E-state index is 0.0126. The van der Waals surface area contributed by atoms with Crippen molar-refractivity contribution in [1.29, 1.82) is 0 Å². The first-order valence-electron chi connectivity index (χ1n) is 5.93. The summed E-state index contributed by atoms with van der Waals surface area (Å²) >= 11 is 0. The lowest BCUT2D eigenvalue weighted by Gasteiger charge is -2.19. The Balaban J connectivity index is 2.44. The standard InChI is InChI=1S/C15H19NO/c1-4-12(5-2)15-14-9-7-6-8-13(14)10-16(3)11-17-15/h4-9,15H,1,10-11H2,2-3H3/b12-5+. The van der Waals surface area contributed by atoms with Gasteiger partial charge >= 0.3 is 0 Å². The number of nitrogens with zero attached hydrogens (tertiary/aromatic N) is 1. The summed E-state index contributed by atoms with van der Waals surface area (Å²) in [5, 5.41) is 0. The Bertz CT molecular complexity index is 436. The van der Waals surface area contributed by atoms with Gasteiger partial charge in [-0.1, -0.05) is 43.0 Å². The maximum absolute atomic E-state index is 5.97. The molecule has 1 aliphatic rings. The van der Waals surface area contributed by atoms with Crippen molar-refractivity contribution in [2.75, 3.05) is 13.8 Å². The third-order valence-electron chi connectivity index (χ3n) is 3.11. The third-order valence-corrected chi connectivity index (χ3v) is 3.11. The molecule has 1 aliphatic heterocycles. The molecule has 0 bridgehead atoms. The Labute approximate surface area is 103 Å². The molecule has 0 aromatic heterocycles. The maximum atomic E-state index is 5.97. The SMILES string of the molecule is C=C/C(=C\C)C1OCN(C)Cc2ccccc21. The van der Waals surface area contributed by atoms with E-state index < -0.39 is 0 Å². The molecule has 17 heavy (non-hydrogen) atoms. The number of fused-ring (bicyclic) bond motifs is 1. The highest BCUT2D eigenvalue weighted by molar-refractivity contribution is 5.37. The fraction of sp³-hybridized carbons (Fsp3) is 0.333. The van der Waals surface area contributed by atoms with E-state index in [-0.39, 0.29) is 6.10 Å². The second kappa shape index (κ2) is 5.30. The van der Waals surface area contributed by atoms with Gasteiger partial charge in [-0.3, -0.25) is 4.90 Å². The summed E-state index contributed by atoms with van der Waals surface area (Å²) in [6, 6.07) is 8.46. The predicted octanol–water partition coefficient (Wildman–Crippen LogP) is 3.28. The first-order chi connectivity index (χ1) is 8.26. The molecular weight excluding hydrogens is 210 g/mol. The zero-order valence-corrected chi connectivity index (χ0v) is 10.5. The number of benzene rings is 1. The first kappa shape index (κ1) is 12.1. The lowest BCUT2D eigenvalue weighted by molar-refractivity contribution is 0.0113. The number of hydrogen-bond acceptors (Lipinski definition) is 2. The number of hydrogen-bond donors (Lipinski definition) is 0. The average Bonchev–Trinajstić information content (AvgIpc) is 2.51. The van der Waals surface area contributed by atoms with Crippen LogP contribution in [0.1, 0.15) is 24.2 Å². The van der Waals surface area contributed by atoms with Gasteiger partial charge in [-0.05, 0) is 30.7 Å². The van der Waals surface area contributed by atoms with Gasteiger partial charge in [0, 0.05) is 6.54 Å². The second-order valence-corrected chi connectivity index (χ2v) is 4.38. The Hall–Kier alpha value is -1.38.